The molecule has 2 aromatic rings. The minimum atomic E-state index is 0.546. The van der Waals surface area contributed by atoms with Gasteiger partial charge in [0.1, 0.15) is 5.82 Å². The minimum absolute atomic E-state index is 0.546. The zero-order valence-electron chi connectivity index (χ0n) is 10.9. The predicted molar refractivity (Wildman–Crippen MR) is 72.6 cm³/mol. The van der Waals surface area contributed by atoms with Crippen molar-refractivity contribution in [3.05, 3.63) is 18.6 Å². The van der Waals surface area contributed by atoms with Crippen molar-refractivity contribution in [1.82, 2.24) is 14.4 Å². The fourth-order valence-corrected chi connectivity index (χ4v) is 2.31. The van der Waals surface area contributed by atoms with Crippen LogP contribution in [0.3, 0.4) is 0 Å². The van der Waals surface area contributed by atoms with E-state index < -0.39 is 0 Å². The van der Waals surface area contributed by atoms with Crippen LogP contribution in [-0.4, -0.2) is 27.0 Å². The molecular weight excluding hydrogens is 226 g/mol. The first kappa shape index (κ1) is 11.3. The van der Waals surface area contributed by atoms with E-state index in [9.17, 15) is 0 Å². The van der Waals surface area contributed by atoms with Crippen molar-refractivity contribution in [3.63, 3.8) is 0 Å². The fourth-order valence-electron chi connectivity index (χ4n) is 2.31. The number of nitrogen functional groups attached to an aromatic ring is 1. The molecule has 1 aliphatic rings. The van der Waals surface area contributed by atoms with Crippen LogP contribution in [0.25, 0.3) is 5.65 Å². The molecule has 0 amide bonds. The second kappa shape index (κ2) is 4.15. The largest absolute Gasteiger partial charge is 0.382 e. The average Bonchev–Trinajstić information content (AvgIpc) is 3.04. The van der Waals surface area contributed by atoms with Crippen molar-refractivity contribution in [3.8, 4) is 0 Å². The van der Waals surface area contributed by atoms with Gasteiger partial charge >= 0.3 is 0 Å². The monoisotopic (exact) mass is 245 g/mol. The van der Waals surface area contributed by atoms with E-state index in [0.717, 1.165) is 18.0 Å². The molecule has 0 aliphatic heterocycles. The van der Waals surface area contributed by atoms with Crippen molar-refractivity contribution < 1.29 is 0 Å². The molecule has 0 spiro atoms. The maximum Gasteiger partial charge on any atom is 0.180 e. The van der Waals surface area contributed by atoms with Gasteiger partial charge in [-0.25, -0.2) is 9.97 Å². The summed E-state index contributed by atoms with van der Waals surface area (Å²) in [5.41, 5.74) is 6.79. The van der Waals surface area contributed by atoms with E-state index in [2.05, 4.69) is 28.7 Å². The second-order valence-corrected chi connectivity index (χ2v) is 5.42. The van der Waals surface area contributed by atoms with Gasteiger partial charge in [-0.1, -0.05) is 13.8 Å². The highest BCUT2D eigenvalue weighted by Gasteiger charge is 2.32. The van der Waals surface area contributed by atoms with Gasteiger partial charge in [0.15, 0.2) is 11.5 Å². The highest BCUT2D eigenvalue weighted by molar-refractivity contribution is 5.67. The molecule has 5 nitrogen and oxygen atoms in total. The van der Waals surface area contributed by atoms with Crippen LogP contribution in [0.15, 0.2) is 18.6 Å². The summed E-state index contributed by atoms with van der Waals surface area (Å²) in [6, 6.07) is 0.613. The third kappa shape index (κ3) is 2.00. The molecule has 0 unspecified atom stereocenters. The first-order chi connectivity index (χ1) is 8.65. The number of aromatic nitrogens is 3. The summed E-state index contributed by atoms with van der Waals surface area (Å²) in [6.07, 6.45) is 8.01. The molecule has 2 aromatic heterocycles. The molecule has 3 rings (SSSR count). The molecule has 0 atom stereocenters. The lowest BCUT2D eigenvalue weighted by Crippen LogP contribution is -2.31. The number of hydrogen-bond acceptors (Lipinski definition) is 4. The Morgan fingerprint density at radius 3 is 2.94 bits per heavy atom. The molecule has 0 aromatic carbocycles. The van der Waals surface area contributed by atoms with E-state index in [1.807, 2.05) is 16.8 Å². The molecule has 1 saturated carbocycles. The van der Waals surface area contributed by atoms with Crippen molar-refractivity contribution >= 4 is 17.3 Å². The Labute approximate surface area is 107 Å². The Kier molecular flexibility index (Phi) is 2.61. The van der Waals surface area contributed by atoms with Gasteiger partial charge in [-0.05, 0) is 18.8 Å². The number of nitrogens with zero attached hydrogens (tertiary/aromatic N) is 4. The molecule has 2 N–H and O–H groups in total. The lowest BCUT2D eigenvalue weighted by molar-refractivity contribution is 0.603. The van der Waals surface area contributed by atoms with E-state index in [1.54, 1.807) is 6.20 Å². The van der Waals surface area contributed by atoms with Crippen LogP contribution in [0.5, 0.6) is 0 Å². The average molecular weight is 245 g/mol. The highest BCUT2D eigenvalue weighted by atomic mass is 15.3. The molecule has 96 valence electrons. The van der Waals surface area contributed by atoms with Crippen LogP contribution in [-0.2, 0) is 0 Å². The van der Waals surface area contributed by atoms with E-state index >= 15 is 0 Å². The molecule has 18 heavy (non-hydrogen) atoms. The topological polar surface area (TPSA) is 59.5 Å². The quantitative estimate of drug-likeness (QED) is 0.894. The Balaban J connectivity index is 2.07. The van der Waals surface area contributed by atoms with Gasteiger partial charge in [-0.3, -0.25) is 0 Å². The lowest BCUT2D eigenvalue weighted by Gasteiger charge is -2.25. The Morgan fingerprint density at radius 2 is 2.28 bits per heavy atom. The van der Waals surface area contributed by atoms with Gasteiger partial charge < -0.3 is 15.0 Å². The van der Waals surface area contributed by atoms with E-state index in [0.29, 0.717) is 17.8 Å². The standard InChI is InChI=1S/C13H19N5/c1-9(2)7-18(10-3-4-10)13-12-15-5-6-17(12)8-11(14)16-13/h5-6,8-10H,3-4,7,14H2,1-2H3. The fraction of sp³-hybridized carbons (Fsp3) is 0.538. The number of fused-ring (bicyclic) bond motifs is 1. The van der Waals surface area contributed by atoms with Crippen molar-refractivity contribution in [1.29, 1.82) is 0 Å². The van der Waals surface area contributed by atoms with Crippen LogP contribution in [0.4, 0.5) is 11.6 Å². The third-order valence-electron chi connectivity index (χ3n) is 3.20. The van der Waals surface area contributed by atoms with Gasteiger partial charge in [0.25, 0.3) is 0 Å². The molecule has 0 bridgehead atoms. The number of hydrogen-bond donors (Lipinski definition) is 1. The Morgan fingerprint density at radius 1 is 1.50 bits per heavy atom. The first-order valence-corrected chi connectivity index (χ1v) is 6.51. The Bertz CT molecular complexity index is 556. The van der Waals surface area contributed by atoms with Crippen molar-refractivity contribution in [2.75, 3.05) is 17.2 Å². The van der Waals surface area contributed by atoms with Crippen molar-refractivity contribution in [2.24, 2.45) is 5.92 Å². The summed E-state index contributed by atoms with van der Waals surface area (Å²) < 4.78 is 1.95. The first-order valence-electron chi connectivity index (χ1n) is 6.51. The molecule has 0 radical (unpaired) electrons. The van der Waals surface area contributed by atoms with E-state index in [-0.39, 0.29) is 0 Å². The molecule has 0 saturated heterocycles. The second-order valence-electron chi connectivity index (χ2n) is 5.42. The van der Waals surface area contributed by atoms with Gasteiger partial charge in [0.2, 0.25) is 0 Å². The summed E-state index contributed by atoms with van der Waals surface area (Å²) >= 11 is 0. The summed E-state index contributed by atoms with van der Waals surface area (Å²) in [5, 5.41) is 0. The number of anilines is 2. The van der Waals surface area contributed by atoms with E-state index in [1.165, 1.54) is 12.8 Å². The van der Waals surface area contributed by atoms with Crippen molar-refractivity contribution in [2.45, 2.75) is 32.7 Å². The van der Waals surface area contributed by atoms with Gasteiger partial charge in [0, 0.05) is 25.0 Å². The van der Waals surface area contributed by atoms with Crippen LogP contribution in [0.1, 0.15) is 26.7 Å². The lowest BCUT2D eigenvalue weighted by atomic mass is 10.2. The maximum atomic E-state index is 5.89. The molecule has 1 fully saturated rings. The normalized spacial score (nSPS) is 15.5. The Hall–Kier alpha value is -1.78. The van der Waals surface area contributed by atoms with Crippen LogP contribution < -0.4 is 10.6 Å². The summed E-state index contributed by atoms with van der Waals surface area (Å²) in [6.45, 7) is 5.46. The zero-order chi connectivity index (χ0) is 12.7. The molecular formula is C13H19N5. The van der Waals surface area contributed by atoms with Crippen LogP contribution >= 0.6 is 0 Å². The maximum absolute atomic E-state index is 5.89. The zero-order valence-corrected chi connectivity index (χ0v) is 10.9. The highest BCUT2D eigenvalue weighted by Crippen LogP contribution is 2.33. The predicted octanol–water partition coefficient (Wildman–Crippen LogP) is 1.94. The number of rotatable bonds is 4. The molecule has 1 aliphatic carbocycles. The van der Waals surface area contributed by atoms with Gasteiger partial charge in [0.05, 0.1) is 6.20 Å². The third-order valence-corrected chi connectivity index (χ3v) is 3.20. The van der Waals surface area contributed by atoms with Crippen LogP contribution in [0, 0.1) is 5.92 Å². The minimum Gasteiger partial charge on any atom is -0.382 e. The molecule has 2 heterocycles. The smallest absolute Gasteiger partial charge is 0.180 e. The van der Waals surface area contributed by atoms with Gasteiger partial charge in [-0.2, -0.15) is 0 Å². The van der Waals surface area contributed by atoms with Gasteiger partial charge in [-0.15, -0.1) is 0 Å². The molecule has 5 heteroatoms. The summed E-state index contributed by atoms with van der Waals surface area (Å²) in [7, 11) is 0. The van der Waals surface area contributed by atoms with Crippen LogP contribution in [0.2, 0.25) is 0 Å². The summed E-state index contributed by atoms with van der Waals surface area (Å²) in [5.74, 6) is 2.07. The number of imidazole rings is 1. The number of nitrogens with two attached hydrogens (primary N) is 1. The SMILES string of the molecule is CC(C)CN(c1nc(N)cn2ccnc12)C1CC1. The van der Waals surface area contributed by atoms with E-state index in [4.69, 9.17) is 5.73 Å². The summed E-state index contributed by atoms with van der Waals surface area (Å²) in [4.78, 5) is 11.3.